The molecule has 1 unspecified atom stereocenters. The number of pyridine rings is 1. The van der Waals surface area contributed by atoms with Crippen LogP contribution in [0, 0.1) is 6.92 Å². The van der Waals surface area contributed by atoms with Gasteiger partial charge < -0.3 is 15.2 Å². The van der Waals surface area contributed by atoms with Crippen molar-refractivity contribution in [3.8, 4) is 0 Å². The summed E-state index contributed by atoms with van der Waals surface area (Å²) in [7, 11) is 1.80. The van der Waals surface area contributed by atoms with Gasteiger partial charge in [-0.15, -0.1) is 0 Å². The summed E-state index contributed by atoms with van der Waals surface area (Å²) in [5, 5.41) is 17.9. The third-order valence-electron chi connectivity index (χ3n) is 3.90. The summed E-state index contributed by atoms with van der Waals surface area (Å²) in [6.45, 7) is 5.11. The summed E-state index contributed by atoms with van der Waals surface area (Å²) < 4.78 is 7.10. The molecule has 0 aromatic carbocycles. The number of fused-ring (bicyclic) bond motifs is 1. The Labute approximate surface area is 121 Å². The second-order valence-electron chi connectivity index (χ2n) is 5.75. The van der Waals surface area contributed by atoms with Gasteiger partial charge in [-0.2, -0.15) is 5.10 Å². The monoisotopic (exact) mass is 290 g/mol. The smallest absolute Gasteiger partial charge is 0.339 e. The van der Waals surface area contributed by atoms with Crippen LogP contribution in [0.1, 0.15) is 29.4 Å². The van der Waals surface area contributed by atoms with E-state index in [1.165, 1.54) is 6.20 Å². The van der Waals surface area contributed by atoms with E-state index >= 15 is 0 Å². The normalized spacial score (nSPS) is 21.9. The summed E-state index contributed by atoms with van der Waals surface area (Å²) in [6.07, 6.45) is 2.21. The topological polar surface area (TPSA) is 89.3 Å². The molecule has 0 saturated carbocycles. The lowest BCUT2D eigenvalue weighted by Gasteiger charge is -2.26. The molecule has 3 heterocycles. The SMILES string of the molecule is Cc1nn(C)c2ncc(C(=O)O)c(NC3(C)CCOC3)c12. The van der Waals surface area contributed by atoms with E-state index in [0.717, 1.165) is 17.5 Å². The molecule has 112 valence electrons. The van der Waals surface area contributed by atoms with Crippen LogP contribution in [0.2, 0.25) is 0 Å². The molecule has 7 nitrogen and oxygen atoms in total. The van der Waals surface area contributed by atoms with Gasteiger partial charge in [-0.05, 0) is 20.3 Å². The van der Waals surface area contributed by atoms with Gasteiger partial charge in [0.1, 0.15) is 5.56 Å². The number of ether oxygens (including phenoxy) is 1. The lowest BCUT2D eigenvalue weighted by molar-refractivity contribution is 0.0697. The van der Waals surface area contributed by atoms with Crippen molar-refractivity contribution in [2.24, 2.45) is 7.05 Å². The highest BCUT2D eigenvalue weighted by Gasteiger charge is 2.32. The van der Waals surface area contributed by atoms with E-state index in [1.807, 2.05) is 13.8 Å². The van der Waals surface area contributed by atoms with Crippen LogP contribution in [-0.4, -0.2) is 44.6 Å². The maximum absolute atomic E-state index is 11.5. The van der Waals surface area contributed by atoms with Crippen molar-refractivity contribution in [3.05, 3.63) is 17.5 Å². The first-order chi connectivity index (χ1) is 9.91. The fraction of sp³-hybridized carbons (Fsp3) is 0.500. The number of carboxylic acids is 1. The molecular weight excluding hydrogens is 272 g/mol. The molecule has 0 amide bonds. The van der Waals surface area contributed by atoms with Crippen molar-refractivity contribution in [2.75, 3.05) is 18.5 Å². The van der Waals surface area contributed by atoms with Gasteiger partial charge in [-0.25, -0.2) is 9.78 Å². The minimum Gasteiger partial charge on any atom is -0.478 e. The quantitative estimate of drug-likeness (QED) is 0.892. The highest BCUT2D eigenvalue weighted by atomic mass is 16.5. The second-order valence-corrected chi connectivity index (χ2v) is 5.75. The number of aromatic nitrogens is 3. The van der Waals surface area contributed by atoms with Gasteiger partial charge in [0.2, 0.25) is 0 Å². The molecule has 2 aromatic rings. The number of carboxylic acid groups (broad SMARTS) is 1. The third kappa shape index (κ3) is 2.23. The molecule has 1 aliphatic rings. The van der Waals surface area contributed by atoms with E-state index in [0.29, 0.717) is 24.5 Å². The summed E-state index contributed by atoms with van der Waals surface area (Å²) >= 11 is 0. The fourth-order valence-electron chi connectivity index (χ4n) is 2.77. The molecule has 2 aromatic heterocycles. The molecule has 2 N–H and O–H groups in total. The maximum Gasteiger partial charge on any atom is 0.339 e. The van der Waals surface area contributed by atoms with Crippen LogP contribution in [0.5, 0.6) is 0 Å². The van der Waals surface area contributed by atoms with Crippen molar-refractivity contribution in [2.45, 2.75) is 25.8 Å². The number of anilines is 1. The summed E-state index contributed by atoms with van der Waals surface area (Å²) in [5.74, 6) is -1.00. The summed E-state index contributed by atoms with van der Waals surface area (Å²) in [5.41, 5.74) is 1.88. The van der Waals surface area contributed by atoms with Crippen LogP contribution >= 0.6 is 0 Å². The number of aryl methyl sites for hydroxylation is 2. The van der Waals surface area contributed by atoms with E-state index < -0.39 is 5.97 Å². The summed E-state index contributed by atoms with van der Waals surface area (Å²) in [4.78, 5) is 15.8. The Balaban J connectivity index is 2.21. The number of hydrogen-bond acceptors (Lipinski definition) is 5. The van der Waals surface area contributed by atoms with Crippen LogP contribution in [0.15, 0.2) is 6.20 Å². The minimum atomic E-state index is -1.00. The van der Waals surface area contributed by atoms with Gasteiger partial charge in [-0.1, -0.05) is 0 Å². The minimum absolute atomic E-state index is 0.159. The number of nitrogens with zero attached hydrogens (tertiary/aromatic N) is 3. The zero-order chi connectivity index (χ0) is 15.2. The highest BCUT2D eigenvalue weighted by molar-refractivity contribution is 6.04. The van der Waals surface area contributed by atoms with Gasteiger partial charge in [0.25, 0.3) is 0 Å². The van der Waals surface area contributed by atoms with Crippen LogP contribution in [0.4, 0.5) is 5.69 Å². The average Bonchev–Trinajstić information content (AvgIpc) is 2.95. The van der Waals surface area contributed by atoms with Crippen LogP contribution < -0.4 is 5.32 Å². The van der Waals surface area contributed by atoms with Crippen molar-refractivity contribution < 1.29 is 14.6 Å². The number of nitrogens with one attached hydrogen (secondary N) is 1. The molecule has 3 rings (SSSR count). The Bertz CT molecular complexity index is 717. The third-order valence-corrected chi connectivity index (χ3v) is 3.90. The first-order valence-corrected chi connectivity index (χ1v) is 6.83. The number of carbonyl (C=O) groups is 1. The van der Waals surface area contributed by atoms with Crippen molar-refractivity contribution in [3.63, 3.8) is 0 Å². The van der Waals surface area contributed by atoms with Gasteiger partial charge in [0, 0.05) is 19.9 Å². The Kier molecular flexibility index (Phi) is 3.09. The van der Waals surface area contributed by atoms with Crippen LogP contribution in [0.3, 0.4) is 0 Å². The Hall–Kier alpha value is -2.15. The zero-order valence-electron chi connectivity index (χ0n) is 12.3. The maximum atomic E-state index is 11.5. The molecule has 1 fully saturated rings. The molecule has 1 aliphatic heterocycles. The number of hydrogen-bond donors (Lipinski definition) is 2. The Morgan fingerprint density at radius 1 is 1.57 bits per heavy atom. The molecule has 0 spiro atoms. The Morgan fingerprint density at radius 2 is 2.33 bits per heavy atom. The highest BCUT2D eigenvalue weighted by Crippen LogP contribution is 2.33. The molecule has 1 atom stereocenters. The van der Waals surface area contributed by atoms with Gasteiger partial charge in [-0.3, -0.25) is 4.68 Å². The standard InChI is InChI=1S/C14H18N4O3/c1-8-10-11(16-14(2)4-5-21-7-14)9(13(19)20)6-15-12(10)18(3)17-8/h6H,4-5,7H2,1-3H3,(H,15,16)(H,19,20). The molecule has 0 bridgehead atoms. The predicted molar refractivity (Wildman–Crippen MR) is 77.7 cm³/mol. The van der Waals surface area contributed by atoms with Gasteiger partial charge >= 0.3 is 5.97 Å². The van der Waals surface area contributed by atoms with E-state index in [1.54, 1.807) is 11.7 Å². The lowest BCUT2D eigenvalue weighted by atomic mass is 9.99. The molecule has 7 heteroatoms. The zero-order valence-corrected chi connectivity index (χ0v) is 12.3. The summed E-state index contributed by atoms with van der Waals surface area (Å²) in [6, 6.07) is 0. The van der Waals surface area contributed by atoms with E-state index in [2.05, 4.69) is 15.4 Å². The first-order valence-electron chi connectivity index (χ1n) is 6.83. The van der Waals surface area contributed by atoms with E-state index in [9.17, 15) is 9.90 Å². The Morgan fingerprint density at radius 3 is 2.95 bits per heavy atom. The fourth-order valence-corrected chi connectivity index (χ4v) is 2.77. The van der Waals surface area contributed by atoms with Crippen LogP contribution in [-0.2, 0) is 11.8 Å². The van der Waals surface area contributed by atoms with Crippen LogP contribution in [0.25, 0.3) is 11.0 Å². The predicted octanol–water partition coefficient (Wildman–Crippen LogP) is 1.57. The number of rotatable bonds is 3. The largest absolute Gasteiger partial charge is 0.478 e. The molecule has 0 aliphatic carbocycles. The van der Waals surface area contributed by atoms with E-state index in [4.69, 9.17) is 4.74 Å². The molecular formula is C14H18N4O3. The molecule has 0 radical (unpaired) electrons. The molecule has 21 heavy (non-hydrogen) atoms. The lowest BCUT2D eigenvalue weighted by Crippen LogP contribution is -2.35. The van der Waals surface area contributed by atoms with Crippen molar-refractivity contribution >= 4 is 22.7 Å². The average molecular weight is 290 g/mol. The van der Waals surface area contributed by atoms with E-state index in [-0.39, 0.29) is 11.1 Å². The van der Waals surface area contributed by atoms with Gasteiger partial charge in [0.15, 0.2) is 5.65 Å². The second kappa shape index (κ2) is 4.70. The first kappa shape index (κ1) is 13.8. The van der Waals surface area contributed by atoms with Gasteiger partial charge in [0.05, 0.1) is 28.9 Å². The van der Waals surface area contributed by atoms with Crippen molar-refractivity contribution in [1.82, 2.24) is 14.8 Å². The number of aromatic carboxylic acids is 1. The van der Waals surface area contributed by atoms with Crippen molar-refractivity contribution in [1.29, 1.82) is 0 Å². The molecule has 1 saturated heterocycles.